The molecule has 1 aromatic heterocycles. The van der Waals surface area contributed by atoms with Gasteiger partial charge < -0.3 is 9.47 Å². The van der Waals surface area contributed by atoms with Crippen molar-refractivity contribution in [2.75, 3.05) is 13.2 Å². The lowest BCUT2D eigenvalue weighted by Crippen LogP contribution is -2.25. The Hall–Kier alpha value is -2.72. The highest BCUT2D eigenvalue weighted by Crippen LogP contribution is 2.38. The number of aromatic nitrogens is 2. The first-order valence-electron chi connectivity index (χ1n) is 11.0. The second-order valence-corrected chi connectivity index (χ2v) is 11.1. The summed E-state index contributed by atoms with van der Waals surface area (Å²) in [5, 5.41) is 5.98. The number of nitrogens with zero attached hydrogens (tertiary/aromatic N) is 1. The fraction of sp³-hybridized carbons (Fsp3) is 0.360. The number of halogens is 1. The summed E-state index contributed by atoms with van der Waals surface area (Å²) in [7, 11) is -3.81. The van der Waals surface area contributed by atoms with Crippen LogP contribution >= 0.6 is 11.6 Å². The molecule has 0 radical (unpaired) electrons. The van der Waals surface area contributed by atoms with Crippen molar-refractivity contribution in [2.45, 2.75) is 45.3 Å². The molecule has 3 rings (SSSR count). The van der Waals surface area contributed by atoms with Gasteiger partial charge in [0.15, 0.2) is 10.8 Å². The van der Waals surface area contributed by atoms with Crippen LogP contribution < -0.4 is 10.3 Å². The summed E-state index contributed by atoms with van der Waals surface area (Å²) in [6.45, 7) is 8.27. The van der Waals surface area contributed by atoms with Crippen molar-refractivity contribution in [3.8, 4) is 5.75 Å². The van der Waals surface area contributed by atoms with Gasteiger partial charge in [-0.25, -0.2) is 5.10 Å². The highest BCUT2D eigenvalue weighted by atomic mass is 35.5. The SMILES string of the molecule is Cc1ccc(S(=O)(=O)OCCOCc2ccc(C(Oc3cn[nH]c(=O)c3Cl)C(C)(C)C)cc2)cc1. The van der Waals surface area contributed by atoms with Gasteiger partial charge >= 0.3 is 0 Å². The number of benzene rings is 2. The van der Waals surface area contributed by atoms with Crippen molar-refractivity contribution in [2.24, 2.45) is 5.41 Å². The first-order valence-corrected chi connectivity index (χ1v) is 12.8. The Labute approximate surface area is 210 Å². The number of nitrogens with one attached hydrogen (secondary N) is 1. The third kappa shape index (κ3) is 7.38. The van der Waals surface area contributed by atoms with Crippen LogP contribution in [-0.2, 0) is 25.6 Å². The maximum absolute atomic E-state index is 12.2. The molecule has 1 unspecified atom stereocenters. The van der Waals surface area contributed by atoms with E-state index in [-0.39, 0.29) is 40.4 Å². The second-order valence-electron chi connectivity index (χ2n) is 9.12. The van der Waals surface area contributed by atoms with Gasteiger partial charge in [-0.1, -0.05) is 74.3 Å². The van der Waals surface area contributed by atoms with Crippen LogP contribution in [0.5, 0.6) is 5.75 Å². The van der Waals surface area contributed by atoms with E-state index in [1.165, 1.54) is 18.3 Å². The van der Waals surface area contributed by atoms with Gasteiger partial charge in [-0.05, 0) is 30.2 Å². The van der Waals surface area contributed by atoms with E-state index in [9.17, 15) is 13.2 Å². The molecule has 1 N–H and O–H groups in total. The predicted octanol–water partition coefficient (Wildman–Crippen LogP) is 4.82. The first kappa shape index (κ1) is 26.9. The van der Waals surface area contributed by atoms with Crippen LogP contribution in [-0.4, -0.2) is 31.8 Å². The summed E-state index contributed by atoms with van der Waals surface area (Å²) in [5.41, 5.74) is 1.95. The smallest absolute Gasteiger partial charge is 0.297 e. The zero-order valence-corrected chi connectivity index (χ0v) is 21.7. The molecular weight excluding hydrogens is 492 g/mol. The number of ether oxygens (including phenoxy) is 2. The fourth-order valence-electron chi connectivity index (χ4n) is 3.28. The Morgan fingerprint density at radius 1 is 1.03 bits per heavy atom. The molecule has 3 aromatic rings. The second kappa shape index (κ2) is 11.3. The predicted molar refractivity (Wildman–Crippen MR) is 133 cm³/mol. The lowest BCUT2D eigenvalue weighted by Gasteiger charge is -2.31. The third-order valence-corrected chi connectivity index (χ3v) is 6.81. The van der Waals surface area contributed by atoms with Crippen molar-refractivity contribution in [3.05, 3.63) is 86.8 Å². The topological polar surface area (TPSA) is 108 Å². The quantitative estimate of drug-likeness (QED) is 0.301. The van der Waals surface area contributed by atoms with E-state index in [0.717, 1.165) is 16.7 Å². The molecule has 10 heteroatoms. The van der Waals surface area contributed by atoms with Gasteiger partial charge in [0.25, 0.3) is 15.7 Å². The monoisotopic (exact) mass is 520 g/mol. The van der Waals surface area contributed by atoms with E-state index in [2.05, 4.69) is 10.2 Å². The van der Waals surface area contributed by atoms with E-state index in [0.29, 0.717) is 6.61 Å². The maximum Gasteiger partial charge on any atom is 0.297 e. The number of hydrogen-bond acceptors (Lipinski definition) is 7. The molecule has 2 aromatic carbocycles. The van der Waals surface area contributed by atoms with E-state index in [1.54, 1.807) is 12.1 Å². The summed E-state index contributed by atoms with van der Waals surface area (Å²) in [5.74, 6) is 0.211. The van der Waals surface area contributed by atoms with E-state index < -0.39 is 15.7 Å². The zero-order chi connectivity index (χ0) is 25.6. The molecule has 8 nitrogen and oxygen atoms in total. The number of aromatic amines is 1. The van der Waals surface area contributed by atoms with E-state index in [1.807, 2.05) is 52.0 Å². The van der Waals surface area contributed by atoms with Crippen LogP contribution in [0, 0.1) is 12.3 Å². The fourth-order valence-corrected chi connectivity index (χ4v) is 4.30. The molecule has 0 amide bonds. The molecule has 188 valence electrons. The van der Waals surface area contributed by atoms with Crippen LogP contribution in [0.1, 0.15) is 43.6 Å². The van der Waals surface area contributed by atoms with Crippen molar-refractivity contribution in [3.63, 3.8) is 0 Å². The van der Waals surface area contributed by atoms with Crippen LogP contribution in [0.15, 0.2) is 64.4 Å². The molecule has 0 fully saturated rings. The van der Waals surface area contributed by atoms with Crippen molar-refractivity contribution in [1.29, 1.82) is 0 Å². The lowest BCUT2D eigenvalue weighted by molar-refractivity contribution is 0.0854. The van der Waals surface area contributed by atoms with Gasteiger partial charge in [0, 0.05) is 5.41 Å². The van der Waals surface area contributed by atoms with E-state index in [4.69, 9.17) is 25.3 Å². The van der Waals surface area contributed by atoms with Crippen LogP contribution in [0.25, 0.3) is 0 Å². The molecule has 0 saturated heterocycles. The molecule has 35 heavy (non-hydrogen) atoms. The van der Waals surface area contributed by atoms with E-state index >= 15 is 0 Å². The average molecular weight is 521 g/mol. The summed E-state index contributed by atoms with van der Waals surface area (Å²) >= 11 is 6.08. The largest absolute Gasteiger partial charge is 0.482 e. The van der Waals surface area contributed by atoms with Gasteiger partial charge in [-0.3, -0.25) is 8.98 Å². The minimum atomic E-state index is -3.81. The Balaban J connectivity index is 1.56. The summed E-state index contributed by atoms with van der Waals surface area (Å²) in [6, 6.07) is 14.1. The van der Waals surface area contributed by atoms with Crippen LogP contribution in [0.3, 0.4) is 0 Å². The molecule has 1 atom stereocenters. The molecule has 0 spiro atoms. The van der Waals surface area contributed by atoms with Crippen LogP contribution in [0.2, 0.25) is 5.02 Å². The number of hydrogen-bond donors (Lipinski definition) is 1. The molecular formula is C25H29ClN2O6S. The average Bonchev–Trinajstić information content (AvgIpc) is 2.80. The molecule has 0 saturated carbocycles. The maximum atomic E-state index is 12.2. The van der Waals surface area contributed by atoms with Gasteiger partial charge in [0.2, 0.25) is 0 Å². The standard InChI is InChI=1S/C25H29ClN2O6S/c1-17-5-11-20(12-6-17)35(30,31)33-14-13-32-16-18-7-9-19(10-8-18)23(25(2,3)4)34-21-15-27-28-24(29)22(21)26/h5-12,15,23H,13-14,16H2,1-4H3,(H,28,29). The number of H-pyrrole nitrogens is 1. The highest BCUT2D eigenvalue weighted by molar-refractivity contribution is 7.86. The number of rotatable bonds is 10. The summed E-state index contributed by atoms with van der Waals surface area (Å²) in [6.07, 6.45) is 0.991. The highest BCUT2D eigenvalue weighted by Gasteiger charge is 2.29. The molecule has 0 aliphatic rings. The zero-order valence-electron chi connectivity index (χ0n) is 20.1. The van der Waals surface area contributed by atoms with Gasteiger partial charge in [-0.2, -0.15) is 13.5 Å². The minimum Gasteiger partial charge on any atom is -0.482 e. The Morgan fingerprint density at radius 3 is 2.31 bits per heavy atom. The Morgan fingerprint density at radius 2 is 1.69 bits per heavy atom. The van der Waals surface area contributed by atoms with Crippen molar-refractivity contribution >= 4 is 21.7 Å². The Bertz CT molecular complexity index is 1280. The lowest BCUT2D eigenvalue weighted by atomic mass is 9.84. The minimum absolute atomic E-state index is 0.0501. The molecule has 0 aliphatic carbocycles. The molecule has 0 aliphatic heterocycles. The third-order valence-electron chi connectivity index (χ3n) is 5.12. The first-order chi connectivity index (χ1) is 16.5. The van der Waals surface area contributed by atoms with Gasteiger partial charge in [0.05, 0.1) is 30.9 Å². The Kier molecular flexibility index (Phi) is 8.71. The summed E-state index contributed by atoms with van der Waals surface area (Å²) in [4.78, 5) is 11.9. The normalized spacial score (nSPS) is 12.9. The van der Waals surface area contributed by atoms with Crippen LogP contribution in [0.4, 0.5) is 0 Å². The van der Waals surface area contributed by atoms with Crippen molar-refractivity contribution < 1.29 is 22.1 Å². The van der Waals surface area contributed by atoms with Gasteiger partial charge in [0.1, 0.15) is 6.10 Å². The number of aryl methyl sites for hydroxylation is 1. The van der Waals surface area contributed by atoms with Gasteiger partial charge in [-0.15, -0.1) is 0 Å². The summed E-state index contributed by atoms with van der Waals surface area (Å²) < 4.78 is 41.1. The van der Waals surface area contributed by atoms with Crippen molar-refractivity contribution in [1.82, 2.24) is 10.2 Å². The molecule has 1 heterocycles. The molecule has 0 bridgehead atoms.